The molecule has 0 radical (unpaired) electrons. The van der Waals surface area contributed by atoms with Gasteiger partial charge in [-0.15, -0.1) is 11.8 Å². The molecule has 7 nitrogen and oxygen atoms in total. The molecule has 2 aliphatic rings. The molecule has 0 bridgehead atoms. The van der Waals surface area contributed by atoms with E-state index < -0.39 is 17.9 Å². The molecular weight excluding hydrogens is 414 g/mol. The van der Waals surface area contributed by atoms with Gasteiger partial charge in [0.25, 0.3) is 5.91 Å². The molecule has 1 saturated heterocycles. The summed E-state index contributed by atoms with van der Waals surface area (Å²) in [4.78, 5) is 37.5. The molecule has 3 N–H and O–H groups in total. The zero-order valence-corrected chi connectivity index (χ0v) is 17.0. The first kappa shape index (κ1) is 19.6. The van der Waals surface area contributed by atoms with Crippen LogP contribution in [0, 0.1) is 0 Å². The summed E-state index contributed by atoms with van der Waals surface area (Å²) in [6, 6.07) is 10.5. The highest BCUT2D eigenvalue weighted by Gasteiger charge is 2.53. The first-order valence-corrected chi connectivity index (χ1v) is 10.4. The maximum absolute atomic E-state index is 12.4. The molecule has 2 aromatic rings. The zero-order chi connectivity index (χ0) is 20.7. The lowest BCUT2D eigenvalue weighted by molar-refractivity contribution is -0.150. The summed E-state index contributed by atoms with van der Waals surface area (Å²) in [6.07, 6.45) is 0. The molecule has 2 heterocycles. The number of carbonyl (C=O) groups excluding carboxylic acids is 2. The third-order valence-corrected chi connectivity index (χ3v) is 6.71. The van der Waals surface area contributed by atoms with E-state index in [1.807, 2.05) is 30.3 Å². The summed E-state index contributed by atoms with van der Waals surface area (Å²) in [7, 11) is 0. The first-order chi connectivity index (χ1) is 13.9. The Kier molecular flexibility index (Phi) is 5.14. The molecule has 2 amide bonds. The molecule has 29 heavy (non-hydrogen) atoms. The van der Waals surface area contributed by atoms with E-state index in [-0.39, 0.29) is 23.5 Å². The van der Waals surface area contributed by atoms with Crippen molar-refractivity contribution in [3.05, 3.63) is 52.7 Å². The Morgan fingerprint density at radius 2 is 2.10 bits per heavy atom. The number of nitrogens with one attached hydrogen (secondary N) is 2. The Bertz CT molecular complexity index is 1070. The number of carboxylic acid groups (broad SMARTS) is 1. The smallest absolute Gasteiger partial charge is 0.352 e. The summed E-state index contributed by atoms with van der Waals surface area (Å²) in [5, 5.41) is 17.2. The predicted octanol–water partition coefficient (Wildman–Crippen LogP) is 2.66. The van der Waals surface area contributed by atoms with Gasteiger partial charge in [0.15, 0.2) is 0 Å². The van der Waals surface area contributed by atoms with Gasteiger partial charge in [0.05, 0.1) is 6.54 Å². The Balaban J connectivity index is 1.38. The van der Waals surface area contributed by atoms with Crippen LogP contribution in [0.5, 0.6) is 0 Å². The van der Waals surface area contributed by atoms with Gasteiger partial charge in [0.2, 0.25) is 5.91 Å². The van der Waals surface area contributed by atoms with Crippen LogP contribution in [0.2, 0.25) is 5.02 Å². The molecule has 0 aliphatic carbocycles. The van der Waals surface area contributed by atoms with Crippen LogP contribution >= 0.6 is 23.4 Å². The van der Waals surface area contributed by atoms with Crippen molar-refractivity contribution in [3.8, 4) is 0 Å². The Hall–Kier alpha value is -2.71. The van der Waals surface area contributed by atoms with Gasteiger partial charge in [-0.25, -0.2) is 4.79 Å². The summed E-state index contributed by atoms with van der Waals surface area (Å²) in [6.45, 7) is 1.68. The van der Waals surface area contributed by atoms with E-state index in [4.69, 9.17) is 11.6 Å². The molecule has 4 rings (SSSR count). The van der Waals surface area contributed by atoms with Gasteiger partial charge < -0.3 is 15.7 Å². The Labute approximate surface area is 176 Å². The Morgan fingerprint density at radius 3 is 2.86 bits per heavy atom. The van der Waals surface area contributed by atoms with Crippen molar-refractivity contribution in [3.63, 3.8) is 0 Å². The number of amides is 2. The number of thioether (sulfide) groups is 1. The number of carbonyl (C=O) groups is 3. The van der Waals surface area contributed by atoms with Crippen LogP contribution in [-0.4, -0.2) is 51.5 Å². The maximum atomic E-state index is 12.4. The third kappa shape index (κ3) is 3.54. The van der Waals surface area contributed by atoms with Crippen molar-refractivity contribution in [2.24, 2.45) is 0 Å². The lowest BCUT2D eigenvalue weighted by atomic mass is 10.0. The van der Waals surface area contributed by atoms with Crippen LogP contribution in [0.25, 0.3) is 10.8 Å². The number of hydrogen-bond acceptors (Lipinski definition) is 5. The molecule has 0 spiro atoms. The van der Waals surface area contributed by atoms with E-state index in [0.29, 0.717) is 16.3 Å². The van der Waals surface area contributed by atoms with Gasteiger partial charge in [-0.3, -0.25) is 14.5 Å². The standard InChI is InChI=1S/C20H18ClN3O4S/c1-10-9-29-19-16(18(26)24(19)17(10)20(27)28)23-15(25)8-22-12-6-5-11-3-2-4-14(21)13(11)7-12/h2-7,16,19,22H,8-9H2,1H3,(H,23,25)(H,27,28)/t16?,19-/m0/s1. The van der Waals surface area contributed by atoms with Gasteiger partial charge in [-0.1, -0.05) is 29.8 Å². The minimum absolute atomic E-state index is 0.0161. The number of aliphatic carboxylic acids is 1. The fourth-order valence-electron chi connectivity index (χ4n) is 3.53. The SMILES string of the molecule is CC1=C(C(=O)O)N2C(=O)C(NC(=O)CNc3ccc4cccc(Cl)c4c3)[C@@H]2SC1. The number of hydrogen-bond donors (Lipinski definition) is 3. The summed E-state index contributed by atoms with van der Waals surface area (Å²) in [5.41, 5.74) is 1.41. The molecule has 9 heteroatoms. The van der Waals surface area contributed by atoms with Crippen molar-refractivity contribution in [1.82, 2.24) is 10.2 Å². The van der Waals surface area contributed by atoms with Crippen molar-refractivity contribution < 1.29 is 19.5 Å². The summed E-state index contributed by atoms with van der Waals surface area (Å²) in [5.74, 6) is -1.35. The van der Waals surface area contributed by atoms with Gasteiger partial charge >= 0.3 is 5.97 Å². The molecular formula is C20H18ClN3O4S. The van der Waals surface area contributed by atoms with E-state index in [2.05, 4.69) is 10.6 Å². The van der Waals surface area contributed by atoms with E-state index in [9.17, 15) is 19.5 Å². The van der Waals surface area contributed by atoms with Crippen molar-refractivity contribution in [2.45, 2.75) is 18.3 Å². The molecule has 150 valence electrons. The highest BCUT2D eigenvalue weighted by atomic mass is 35.5. The second kappa shape index (κ2) is 7.61. The highest BCUT2D eigenvalue weighted by molar-refractivity contribution is 8.00. The number of β-lactam (4-membered cyclic amide) rings is 1. The molecule has 2 atom stereocenters. The second-order valence-electron chi connectivity index (χ2n) is 6.92. The van der Waals surface area contributed by atoms with Gasteiger partial charge in [-0.2, -0.15) is 0 Å². The number of nitrogens with zero attached hydrogens (tertiary/aromatic N) is 1. The Morgan fingerprint density at radius 1 is 1.31 bits per heavy atom. The predicted molar refractivity (Wildman–Crippen MR) is 113 cm³/mol. The first-order valence-electron chi connectivity index (χ1n) is 8.96. The van der Waals surface area contributed by atoms with Crippen molar-refractivity contribution in [1.29, 1.82) is 0 Å². The van der Waals surface area contributed by atoms with E-state index >= 15 is 0 Å². The zero-order valence-electron chi connectivity index (χ0n) is 15.4. The van der Waals surface area contributed by atoms with Crippen LogP contribution in [0.4, 0.5) is 5.69 Å². The average molecular weight is 432 g/mol. The van der Waals surface area contributed by atoms with Crippen LogP contribution in [-0.2, 0) is 14.4 Å². The summed E-state index contributed by atoms with van der Waals surface area (Å²) < 4.78 is 0. The number of anilines is 1. The van der Waals surface area contributed by atoms with Crippen molar-refractivity contribution >= 4 is 57.6 Å². The van der Waals surface area contributed by atoms with Crippen LogP contribution in [0.15, 0.2) is 47.7 Å². The fraction of sp³-hybridized carbons (Fsp3) is 0.250. The van der Waals surface area contributed by atoms with Crippen LogP contribution < -0.4 is 10.6 Å². The number of carboxylic acids is 1. The molecule has 0 saturated carbocycles. The average Bonchev–Trinajstić information content (AvgIpc) is 2.70. The third-order valence-electron chi connectivity index (χ3n) is 4.96. The van der Waals surface area contributed by atoms with Crippen molar-refractivity contribution in [2.75, 3.05) is 17.6 Å². The quantitative estimate of drug-likeness (QED) is 0.629. The molecule has 2 aromatic carbocycles. The number of benzene rings is 2. The van der Waals surface area contributed by atoms with E-state index in [0.717, 1.165) is 16.5 Å². The molecule has 1 unspecified atom stereocenters. The maximum Gasteiger partial charge on any atom is 0.352 e. The van der Waals surface area contributed by atoms with E-state index in [1.54, 1.807) is 13.0 Å². The topological polar surface area (TPSA) is 98.7 Å². The van der Waals surface area contributed by atoms with Crippen LogP contribution in [0.1, 0.15) is 6.92 Å². The molecule has 0 aromatic heterocycles. The summed E-state index contributed by atoms with van der Waals surface area (Å²) >= 11 is 7.66. The van der Waals surface area contributed by atoms with E-state index in [1.165, 1.54) is 16.7 Å². The minimum atomic E-state index is -1.12. The van der Waals surface area contributed by atoms with Gasteiger partial charge in [-0.05, 0) is 36.1 Å². The largest absolute Gasteiger partial charge is 0.477 e. The van der Waals surface area contributed by atoms with Gasteiger partial charge in [0.1, 0.15) is 17.1 Å². The monoisotopic (exact) mass is 431 g/mol. The normalized spacial score (nSPS) is 20.9. The van der Waals surface area contributed by atoms with Gasteiger partial charge in [0, 0.05) is 21.8 Å². The number of halogens is 1. The fourth-order valence-corrected chi connectivity index (χ4v) is 5.06. The lowest BCUT2D eigenvalue weighted by Gasteiger charge is -2.49. The second-order valence-corrected chi connectivity index (χ2v) is 8.43. The van der Waals surface area contributed by atoms with Crippen LogP contribution in [0.3, 0.4) is 0 Å². The highest BCUT2D eigenvalue weighted by Crippen LogP contribution is 2.40. The molecule has 2 aliphatic heterocycles. The number of rotatable bonds is 5. The lowest BCUT2D eigenvalue weighted by Crippen LogP contribution is -2.70. The molecule has 1 fully saturated rings. The number of fused-ring (bicyclic) bond motifs is 2. The minimum Gasteiger partial charge on any atom is -0.477 e.